The minimum absolute atomic E-state index is 0.166. The van der Waals surface area contributed by atoms with Gasteiger partial charge in [-0.15, -0.1) is 0 Å². The average Bonchev–Trinajstić information content (AvgIpc) is 3.11. The van der Waals surface area contributed by atoms with Crippen molar-refractivity contribution in [3.8, 4) is 0 Å². The number of pyridine rings is 1. The van der Waals surface area contributed by atoms with Gasteiger partial charge in [0.05, 0.1) is 11.2 Å². The maximum Gasteiger partial charge on any atom is 0.231 e. The normalized spacial score (nSPS) is 20.8. The van der Waals surface area contributed by atoms with Gasteiger partial charge in [0.15, 0.2) is 0 Å². The fraction of sp³-hybridized carbons (Fsp3) is 0.500. The van der Waals surface area contributed by atoms with Crippen LogP contribution in [0.15, 0.2) is 24.4 Å². The SMILES string of the molecule is O=C(Nc1ccccn1)C1CN(S(=O)(=O)C2CC2)C1. The zero-order valence-electron chi connectivity index (χ0n) is 10.3. The average molecular weight is 281 g/mol. The van der Waals surface area contributed by atoms with E-state index in [9.17, 15) is 13.2 Å². The number of anilines is 1. The van der Waals surface area contributed by atoms with Crippen molar-refractivity contribution in [2.45, 2.75) is 18.1 Å². The number of carbonyl (C=O) groups is 1. The van der Waals surface area contributed by atoms with Crippen LogP contribution in [-0.2, 0) is 14.8 Å². The van der Waals surface area contributed by atoms with Crippen molar-refractivity contribution in [3.63, 3.8) is 0 Å². The number of rotatable bonds is 4. The first-order valence-corrected chi connectivity index (χ1v) is 7.78. The molecule has 1 saturated heterocycles. The van der Waals surface area contributed by atoms with Crippen LogP contribution in [0, 0.1) is 5.92 Å². The molecule has 1 aliphatic heterocycles. The predicted octanol–water partition coefficient (Wildman–Crippen LogP) is 0.444. The fourth-order valence-corrected chi connectivity index (χ4v) is 3.98. The van der Waals surface area contributed by atoms with E-state index in [0.717, 1.165) is 12.8 Å². The van der Waals surface area contributed by atoms with Crippen molar-refractivity contribution in [1.82, 2.24) is 9.29 Å². The molecule has 1 aromatic heterocycles. The molecule has 1 aliphatic carbocycles. The van der Waals surface area contributed by atoms with Gasteiger partial charge in [0.1, 0.15) is 5.82 Å². The van der Waals surface area contributed by atoms with Gasteiger partial charge in [-0.25, -0.2) is 13.4 Å². The van der Waals surface area contributed by atoms with Crippen LogP contribution < -0.4 is 5.32 Å². The number of aromatic nitrogens is 1. The Bertz CT molecular complexity index is 577. The van der Waals surface area contributed by atoms with E-state index in [-0.39, 0.29) is 30.2 Å². The fourth-order valence-electron chi connectivity index (χ4n) is 2.05. The predicted molar refractivity (Wildman–Crippen MR) is 69.9 cm³/mol. The molecule has 2 aliphatic rings. The highest BCUT2D eigenvalue weighted by Gasteiger charge is 2.46. The van der Waals surface area contributed by atoms with Crippen LogP contribution in [0.2, 0.25) is 0 Å². The molecule has 1 aromatic rings. The second-order valence-corrected chi connectivity index (χ2v) is 7.18. The summed E-state index contributed by atoms with van der Waals surface area (Å²) in [5.74, 6) is 0.0625. The zero-order valence-corrected chi connectivity index (χ0v) is 11.1. The van der Waals surface area contributed by atoms with Crippen molar-refractivity contribution < 1.29 is 13.2 Å². The van der Waals surface area contributed by atoms with Gasteiger partial charge >= 0.3 is 0 Å². The molecule has 0 spiro atoms. The van der Waals surface area contributed by atoms with Gasteiger partial charge < -0.3 is 5.32 Å². The largest absolute Gasteiger partial charge is 0.310 e. The lowest BCUT2D eigenvalue weighted by atomic mass is 10.0. The topological polar surface area (TPSA) is 79.4 Å². The third-order valence-corrected chi connectivity index (χ3v) is 5.77. The number of amides is 1. The van der Waals surface area contributed by atoms with E-state index in [1.807, 2.05) is 0 Å². The first-order valence-electron chi connectivity index (χ1n) is 6.28. The van der Waals surface area contributed by atoms with Crippen LogP contribution in [0.25, 0.3) is 0 Å². The third kappa shape index (κ3) is 2.48. The van der Waals surface area contributed by atoms with E-state index in [1.165, 1.54) is 4.31 Å². The minimum Gasteiger partial charge on any atom is -0.310 e. The number of hydrogen-bond donors (Lipinski definition) is 1. The Hall–Kier alpha value is -1.47. The maximum atomic E-state index is 11.9. The molecule has 102 valence electrons. The van der Waals surface area contributed by atoms with E-state index in [2.05, 4.69) is 10.3 Å². The minimum atomic E-state index is -3.13. The molecule has 0 radical (unpaired) electrons. The first-order chi connectivity index (χ1) is 9.07. The molecule has 19 heavy (non-hydrogen) atoms. The number of nitrogens with one attached hydrogen (secondary N) is 1. The summed E-state index contributed by atoms with van der Waals surface area (Å²) >= 11 is 0. The summed E-state index contributed by atoms with van der Waals surface area (Å²) < 4.78 is 25.2. The standard InChI is InChI=1S/C12H15N3O3S/c16-12(14-11-3-1-2-6-13-11)9-7-15(8-9)19(17,18)10-4-5-10/h1-3,6,9-10H,4-5,7-8H2,(H,13,14,16). The van der Waals surface area contributed by atoms with E-state index in [4.69, 9.17) is 0 Å². The Labute approximate surface area is 111 Å². The molecule has 0 bridgehead atoms. The number of hydrogen-bond acceptors (Lipinski definition) is 4. The number of sulfonamides is 1. The molecule has 1 saturated carbocycles. The van der Waals surface area contributed by atoms with E-state index in [1.54, 1.807) is 24.4 Å². The molecule has 1 N–H and O–H groups in total. The Morgan fingerprint density at radius 1 is 1.32 bits per heavy atom. The van der Waals surface area contributed by atoms with Gasteiger partial charge in [0.2, 0.25) is 15.9 Å². The molecular formula is C12H15N3O3S. The highest BCUT2D eigenvalue weighted by molar-refractivity contribution is 7.90. The molecule has 2 heterocycles. The van der Waals surface area contributed by atoms with Crippen LogP contribution in [-0.4, -0.2) is 42.0 Å². The van der Waals surface area contributed by atoms with E-state index < -0.39 is 10.0 Å². The Kier molecular flexibility index (Phi) is 3.02. The lowest BCUT2D eigenvalue weighted by Crippen LogP contribution is -2.55. The summed E-state index contributed by atoms with van der Waals surface area (Å²) in [6.07, 6.45) is 3.10. The second kappa shape index (κ2) is 4.57. The van der Waals surface area contributed by atoms with Gasteiger partial charge in [-0.2, -0.15) is 4.31 Å². The Balaban J connectivity index is 1.54. The molecule has 6 nitrogen and oxygen atoms in total. The zero-order chi connectivity index (χ0) is 13.5. The molecule has 2 fully saturated rings. The van der Waals surface area contributed by atoms with E-state index >= 15 is 0 Å². The monoisotopic (exact) mass is 281 g/mol. The van der Waals surface area contributed by atoms with Crippen molar-refractivity contribution >= 4 is 21.7 Å². The lowest BCUT2D eigenvalue weighted by molar-refractivity contribution is -0.122. The van der Waals surface area contributed by atoms with Crippen molar-refractivity contribution in [1.29, 1.82) is 0 Å². The second-order valence-electron chi connectivity index (χ2n) is 4.96. The molecule has 0 aromatic carbocycles. The summed E-state index contributed by atoms with van der Waals surface area (Å²) in [7, 11) is -3.13. The highest BCUT2D eigenvalue weighted by Crippen LogP contribution is 2.34. The Morgan fingerprint density at radius 3 is 2.63 bits per heavy atom. The van der Waals surface area contributed by atoms with E-state index in [0.29, 0.717) is 5.82 Å². The van der Waals surface area contributed by atoms with Crippen molar-refractivity contribution in [2.75, 3.05) is 18.4 Å². The van der Waals surface area contributed by atoms with Gasteiger partial charge in [-0.05, 0) is 25.0 Å². The van der Waals surface area contributed by atoms with Crippen molar-refractivity contribution in [3.05, 3.63) is 24.4 Å². The van der Waals surface area contributed by atoms with Gasteiger partial charge in [0.25, 0.3) is 0 Å². The Morgan fingerprint density at radius 2 is 2.05 bits per heavy atom. The number of carbonyl (C=O) groups excluding carboxylic acids is 1. The molecule has 3 rings (SSSR count). The summed E-state index contributed by atoms with van der Waals surface area (Å²) in [4.78, 5) is 15.9. The van der Waals surface area contributed by atoms with Crippen LogP contribution in [0.5, 0.6) is 0 Å². The molecule has 0 unspecified atom stereocenters. The molecule has 7 heteroatoms. The third-order valence-electron chi connectivity index (χ3n) is 3.44. The van der Waals surface area contributed by atoms with Gasteiger partial charge in [0, 0.05) is 19.3 Å². The smallest absolute Gasteiger partial charge is 0.231 e. The molecular weight excluding hydrogens is 266 g/mol. The molecule has 0 atom stereocenters. The highest BCUT2D eigenvalue weighted by atomic mass is 32.2. The summed E-state index contributed by atoms with van der Waals surface area (Å²) in [6.45, 7) is 0.578. The van der Waals surface area contributed by atoms with Crippen LogP contribution >= 0.6 is 0 Å². The summed E-state index contributed by atoms with van der Waals surface area (Å²) in [5.41, 5.74) is 0. The maximum absolute atomic E-state index is 11.9. The van der Waals surface area contributed by atoms with Crippen LogP contribution in [0.4, 0.5) is 5.82 Å². The van der Waals surface area contributed by atoms with Gasteiger partial charge in [-0.1, -0.05) is 6.07 Å². The van der Waals surface area contributed by atoms with Crippen molar-refractivity contribution in [2.24, 2.45) is 5.92 Å². The number of nitrogens with zero attached hydrogens (tertiary/aromatic N) is 2. The summed E-state index contributed by atoms with van der Waals surface area (Å²) in [6, 6.07) is 5.26. The molecule has 1 amide bonds. The van der Waals surface area contributed by atoms with Gasteiger partial charge in [-0.3, -0.25) is 4.79 Å². The van der Waals surface area contributed by atoms with Crippen LogP contribution in [0.3, 0.4) is 0 Å². The lowest BCUT2D eigenvalue weighted by Gasteiger charge is -2.36. The first kappa shape index (κ1) is 12.6. The summed E-state index contributed by atoms with van der Waals surface area (Å²) in [5, 5.41) is 2.49. The quantitative estimate of drug-likeness (QED) is 0.868. The van der Waals surface area contributed by atoms with Crippen LogP contribution in [0.1, 0.15) is 12.8 Å².